The highest BCUT2D eigenvalue weighted by Gasteiger charge is 2.23. The van der Waals surface area contributed by atoms with Gasteiger partial charge in [-0.1, -0.05) is 127 Å². The quantitative estimate of drug-likeness (QED) is 0.188. The Balaban J connectivity index is 1.14. The Hall–Kier alpha value is -6.78. The van der Waals surface area contributed by atoms with E-state index in [1.54, 1.807) is 0 Å². The molecule has 10 aromatic rings. The van der Waals surface area contributed by atoms with Gasteiger partial charge in [0.1, 0.15) is 0 Å². The Morgan fingerprint density at radius 3 is 2.15 bits per heavy atom. The Kier molecular flexibility index (Phi) is 6.34. The second-order valence-electron chi connectivity index (χ2n) is 13.7. The molecule has 11 rings (SSSR count). The summed E-state index contributed by atoms with van der Waals surface area (Å²) in [6, 6.07) is 56.6. The molecule has 0 atom stereocenters. The molecule has 52 heavy (non-hydrogen) atoms. The summed E-state index contributed by atoms with van der Waals surface area (Å²) < 4.78 is 4.71. The standard InChI is InChI=1S/C48H32N4/c1-2-13-31(14-3-1)33-16-12-17-35(29-33)51-42-23-10-7-19-37(42)40-30-34(26-27-44(40)51)47-38-20-6-9-22-41(38)49-48(50-47)52-43-24-11-8-21-39(43)46-36-18-5-4-15-32(36)25-28-45(46)52/h1-10,12-23,25-30H,11,24H2. The number of allylic oxidation sites excluding steroid dienone is 1. The van der Waals surface area contributed by atoms with Gasteiger partial charge in [-0.05, 0) is 77.2 Å². The topological polar surface area (TPSA) is 35.6 Å². The molecule has 0 unspecified atom stereocenters. The first-order valence-electron chi connectivity index (χ1n) is 18.0. The zero-order valence-corrected chi connectivity index (χ0v) is 28.4. The third kappa shape index (κ3) is 4.34. The molecule has 0 bridgehead atoms. The van der Waals surface area contributed by atoms with Crippen LogP contribution < -0.4 is 0 Å². The summed E-state index contributed by atoms with van der Waals surface area (Å²) in [6.45, 7) is 0. The van der Waals surface area contributed by atoms with Gasteiger partial charge in [0.15, 0.2) is 0 Å². The van der Waals surface area contributed by atoms with E-state index in [1.165, 1.54) is 54.8 Å². The molecule has 0 aliphatic heterocycles. The molecular formula is C48H32N4. The van der Waals surface area contributed by atoms with Crippen LogP contribution in [-0.4, -0.2) is 19.1 Å². The van der Waals surface area contributed by atoms with Crippen molar-refractivity contribution in [1.29, 1.82) is 0 Å². The highest BCUT2D eigenvalue weighted by atomic mass is 15.2. The molecule has 0 radical (unpaired) electrons. The molecule has 1 aliphatic rings. The molecule has 3 aromatic heterocycles. The number of fused-ring (bicyclic) bond motifs is 9. The molecule has 7 aromatic carbocycles. The van der Waals surface area contributed by atoms with Crippen LogP contribution in [0.2, 0.25) is 0 Å². The van der Waals surface area contributed by atoms with Crippen molar-refractivity contribution in [2.45, 2.75) is 12.8 Å². The molecule has 0 saturated heterocycles. The number of rotatable bonds is 4. The average Bonchev–Trinajstić information content (AvgIpc) is 3.74. The molecular weight excluding hydrogens is 633 g/mol. The van der Waals surface area contributed by atoms with Gasteiger partial charge in [-0.25, -0.2) is 9.97 Å². The van der Waals surface area contributed by atoms with Crippen LogP contribution >= 0.6 is 0 Å². The average molecular weight is 665 g/mol. The normalized spacial score (nSPS) is 12.8. The van der Waals surface area contributed by atoms with E-state index in [-0.39, 0.29) is 0 Å². The number of benzene rings is 7. The predicted molar refractivity (Wildman–Crippen MR) is 216 cm³/mol. The van der Waals surface area contributed by atoms with Crippen molar-refractivity contribution in [3.63, 3.8) is 0 Å². The Labute approximate surface area is 300 Å². The predicted octanol–water partition coefficient (Wildman–Crippen LogP) is 12.1. The lowest BCUT2D eigenvalue weighted by Gasteiger charge is -2.15. The molecule has 1 aliphatic carbocycles. The van der Waals surface area contributed by atoms with Crippen LogP contribution in [0.15, 0.2) is 164 Å². The second-order valence-corrected chi connectivity index (χ2v) is 13.7. The van der Waals surface area contributed by atoms with Gasteiger partial charge >= 0.3 is 0 Å². The molecule has 0 fully saturated rings. The summed E-state index contributed by atoms with van der Waals surface area (Å²) in [5, 5.41) is 7.23. The molecule has 0 amide bonds. The molecule has 0 saturated carbocycles. The van der Waals surface area contributed by atoms with E-state index in [2.05, 4.69) is 179 Å². The molecule has 4 nitrogen and oxygen atoms in total. The number of hydrogen-bond acceptors (Lipinski definition) is 2. The van der Waals surface area contributed by atoms with E-state index in [0.717, 1.165) is 51.7 Å². The largest absolute Gasteiger partial charge is 0.309 e. The van der Waals surface area contributed by atoms with Crippen molar-refractivity contribution in [1.82, 2.24) is 19.1 Å². The van der Waals surface area contributed by atoms with Gasteiger partial charge in [0.05, 0.1) is 27.8 Å². The van der Waals surface area contributed by atoms with Crippen LogP contribution in [0, 0.1) is 0 Å². The first kappa shape index (κ1) is 29.0. The van der Waals surface area contributed by atoms with Gasteiger partial charge in [-0.15, -0.1) is 0 Å². The van der Waals surface area contributed by atoms with Crippen molar-refractivity contribution < 1.29 is 0 Å². The minimum absolute atomic E-state index is 0.714. The van der Waals surface area contributed by atoms with Crippen molar-refractivity contribution in [2.24, 2.45) is 0 Å². The zero-order valence-electron chi connectivity index (χ0n) is 28.4. The first-order valence-corrected chi connectivity index (χ1v) is 18.0. The van der Waals surface area contributed by atoms with Crippen LogP contribution in [0.1, 0.15) is 17.7 Å². The van der Waals surface area contributed by atoms with Gasteiger partial charge in [-0.2, -0.15) is 0 Å². The lowest BCUT2D eigenvalue weighted by Crippen LogP contribution is -2.08. The number of aromatic nitrogens is 4. The van der Waals surface area contributed by atoms with Crippen molar-refractivity contribution >= 4 is 60.5 Å². The van der Waals surface area contributed by atoms with E-state index >= 15 is 0 Å². The van der Waals surface area contributed by atoms with E-state index in [1.807, 2.05) is 0 Å². The van der Waals surface area contributed by atoms with E-state index in [9.17, 15) is 0 Å². The lowest BCUT2D eigenvalue weighted by atomic mass is 9.98. The van der Waals surface area contributed by atoms with Crippen molar-refractivity contribution in [2.75, 3.05) is 0 Å². The zero-order chi connectivity index (χ0) is 34.2. The van der Waals surface area contributed by atoms with Crippen LogP contribution in [0.4, 0.5) is 0 Å². The third-order valence-electron chi connectivity index (χ3n) is 10.8. The van der Waals surface area contributed by atoms with Crippen molar-refractivity contribution in [3.05, 3.63) is 175 Å². The monoisotopic (exact) mass is 664 g/mol. The summed E-state index contributed by atoms with van der Waals surface area (Å²) in [4.78, 5) is 10.7. The summed E-state index contributed by atoms with van der Waals surface area (Å²) in [5.74, 6) is 0.714. The fourth-order valence-corrected chi connectivity index (χ4v) is 8.45. The molecule has 3 heterocycles. The molecule has 0 spiro atoms. The maximum Gasteiger partial charge on any atom is 0.235 e. The van der Waals surface area contributed by atoms with Gasteiger partial charge in [0.25, 0.3) is 0 Å². The van der Waals surface area contributed by atoms with Crippen molar-refractivity contribution in [3.8, 4) is 34.0 Å². The second kappa shape index (κ2) is 11.4. The lowest BCUT2D eigenvalue weighted by molar-refractivity contribution is 0.852. The smallest absolute Gasteiger partial charge is 0.235 e. The summed E-state index contributed by atoms with van der Waals surface area (Å²) in [7, 11) is 0. The Bertz CT molecular complexity index is 3070. The van der Waals surface area contributed by atoms with Crippen LogP contribution in [0.25, 0.3) is 94.5 Å². The van der Waals surface area contributed by atoms with Gasteiger partial charge < -0.3 is 4.57 Å². The van der Waals surface area contributed by atoms with Crippen LogP contribution in [-0.2, 0) is 6.42 Å². The maximum atomic E-state index is 5.47. The molecule has 4 heteroatoms. The maximum absolute atomic E-state index is 5.47. The van der Waals surface area contributed by atoms with Gasteiger partial charge in [0, 0.05) is 44.1 Å². The summed E-state index contributed by atoms with van der Waals surface area (Å²) in [6.07, 6.45) is 6.53. The Morgan fingerprint density at radius 1 is 0.481 bits per heavy atom. The van der Waals surface area contributed by atoms with Crippen LogP contribution in [0.5, 0.6) is 0 Å². The first-order chi connectivity index (χ1) is 25.8. The van der Waals surface area contributed by atoms with Gasteiger partial charge in [0.2, 0.25) is 5.95 Å². The third-order valence-corrected chi connectivity index (χ3v) is 10.8. The SMILES string of the molecule is C1=Cc2c(n(-c3nc(-c4ccc5c(c4)c4ccccc4n5-c4cccc(-c5ccccc5)c4)c4ccccc4n3)c3ccc4ccccc4c23)CC1. The van der Waals surface area contributed by atoms with E-state index < -0.39 is 0 Å². The van der Waals surface area contributed by atoms with Crippen LogP contribution in [0.3, 0.4) is 0 Å². The molecule has 244 valence electrons. The fraction of sp³-hybridized carbons (Fsp3) is 0.0417. The van der Waals surface area contributed by atoms with E-state index in [0.29, 0.717) is 5.95 Å². The summed E-state index contributed by atoms with van der Waals surface area (Å²) >= 11 is 0. The number of hydrogen-bond donors (Lipinski definition) is 0. The highest BCUT2D eigenvalue weighted by molar-refractivity contribution is 6.13. The molecule has 0 N–H and O–H groups in total. The number of para-hydroxylation sites is 2. The van der Waals surface area contributed by atoms with Gasteiger partial charge in [-0.3, -0.25) is 4.57 Å². The fourth-order valence-electron chi connectivity index (χ4n) is 8.45. The minimum atomic E-state index is 0.714. The summed E-state index contributed by atoms with van der Waals surface area (Å²) in [5.41, 5.74) is 12.5. The number of nitrogens with zero attached hydrogens (tertiary/aromatic N) is 4. The Morgan fingerprint density at radius 2 is 1.23 bits per heavy atom. The minimum Gasteiger partial charge on any atom is -0.309 e. The highest BCUT2D eigenvalue weighted by Crippen LogP contribution is 2.40. The van der Waals surface area contributed by atoms with E-state index in [4.69, 9.17) is 9.97 Å².